The second kappa shape index (κ2) is 3.64. The van der Waals surface area contributed by atoms with Crippen LogP contribution >= 0.6 is 0 Å². The van der Waals surface area contributed by atoms with Gasteiger partial charge in [0.25, 0.3) is 0 Å². The maximum atomic E-state index is 11.4. The maximum Gasteiger partial charge on any atom is 0.407 e. The van der Waals surface area contributed by atoms with Gasteiger partial charge in [0, 0.05) is 6.54 Å². The van der Waals surface area contributed by atoms with Crippen molar-refractivity contribution in [3.05, 3.63) is 0 Å². The molecule has 1 amide bonds. The first-order chi connectivity index (χ1) is 6.08. The average Bonchev–Trinajstić information content (AvgIpc) is 2.11. The predicted octanol–water partition coefficient (Wildman–Crippen LogP) is 0.296. The number of hydrogen-bond donors (Lipinski definition) is 1. The molecule has 0 radical (unpaired) electrons. The van der Waals surface area contributed by atoms with Crippen LogP contribution in [0, 0.1) is 5.41 Å². The molecule has 1 saturated heterocycles. The Morgan fingerprint density at radius 2 is 2.46 bits per heavy atom. The van der Waals surface area contributed by atoms with Gasteiger partial charge in [-0.25, -0.2) is 4.79 Å². The molecule has 1 heterocycles. The minimum Gasteiger partial charge on any atom is -0.465 e. The number of alkyl carbamates (subject to hydrolysis) is 1. The van der Waals surface area contributed by atoms with Gasteiger partial charge >= 0.3 is 12.1 Å². The van der Waals surface area contributed by atoms with Crippen molar-refractivity contribution < 1.29 is 19.1 Å². The SMILES string of the molecule is CCOC(=O)[C@]1(C)CNC(=O)OC1. The second-order valence-corrected chi connectivity index (χ2v) is 3.21. The number of cyclic esters (lactones) is 1. The van der Waals surface area contributed by atoms with Crippen LogP contribution in [0.15, 0.2) is 0 Å². The van der Waals surface area contributed by atoms with Crippen LogP contribution in [0.4, 0.5) is 4.79 Å². The summed E-state index contributed by atoms with van der Waals surface area (Å²) in [4.78, 5) is 22.0. The highest BCUT2D eigenvalue weighted by Crippen LogP contribution is 2.20. The highest BCUT2D eigenvalue weighted by Gasteiger charge is 2.39. The highest BCUT2D eigenvalue weighted by molar-refractivity contribution is 5.79. The molecule has 0 aromatic heterocycles. The molecule has 0 bridgehead atoms. The lowest BCUT2D eigenvalue weighted by Gasteiger charge is -2.30. The number of carbonyl (C=O) groups excluding carboxylic acids is 2. The summed E-state index contributed by atoms with van der Waals surface area (Å²) in [5.41, 5.74) is -0.746. The standard InChI is InChI=1S/C8H13NO4/c1-3-12-6(10)8(2)4-9-7(11)13-5-8/h3-5H2,1-2H3,(H,9,11)/t8-/m1/s1. The van der Waals surface area contributed by atoms with Crippen LogP contribution in [-0.2, 0) is 14.3 Å². The molecule has 0 aromatic rings. The molecular weight excluding hydrogens is 174 g/mol. The summed E-state index contributed by atoms with van der Waals surface area (Å²) in [6.07, 6.45) is -0.484. The van der Waals surface area contributed by atoms with Crippen LogP contribution in [0.3, 0.4) is 0 Å². The van der Waals surface area contributed by atoms with Crippen LogP contribution in [-0.4, -0.2) is 31.8 Å². The van der Waals surface area contributed by atoms with E-state index in [1.54, 1.807) is 13.8 Å². The first-order valence-corrected chi connectivity index (χ1v) is 4.16. The van der Waals surface area contributed by atoms with Crippen LogP contribution < -0.4 is 5.32 Å². The summed E-state index contributed by atoms with van der Waals surface area (Å²) < 4.78 is 9.56. The summed E-state index contributed by atoms with van der Waals surface area (Å²) in [5.74, 6) is -0.338. The molecule has 1 aliphatic heterocycles. The molecule has 74 valence electrons. The molecular formula is C8H13NO4. The third-order valence-corrected chi connectivity index (χ3v) is 1.91. The van der Waals surface area contributed by atoms with Crippen LogP contribution in [0.2, 0.25) is 0 Å². The third kappa shape index (κ3) is 2.11. The van der Waals surface area contributed by atoms with Gasteiger partial charge in [-0.3, -0.25) is 4.79 Å². The normalized spacial score (nSPS) is 27.4. The Balaban J connectivity index is 2.56. The summed E-state index contributed by atoms with van der Waals surface area (Å²) in [6.45, 7) is 4.12. The molecule has 1 N–H and O–H groups in total. The van der Waals surface area contributed by atoms with Crippen molar-refractivity contribution in [2.24, 2.45) is 5.41 Å². The third-order valence-electron chi connectivity index (χ3n) is 1.91. The highest BCUT2D eigenvalue weighted by atomic mass is 16.6. The molecule has 1 rings (SSSR count). The molecule has 0 spiro atoms. The van der Waals surface area contributed by atoms with Crippen molar-refractivity contribution in [1.29, 1.82) is 0 Å². The maximum absolute atomic E-state index is 11.4. The summed E-state index contributed by atoms with van der Waals surface area (Å²) in [5, 5.41) is 2.45. The number of amides is 1. The average molecular weight is 187 g/mol. The Kier molecular flexibility index (Phi) is 2.75. The molecule has 1 atom stereocenters. The quantitative estimate of drug-likeness (QED) is 0.631. The summed E-state index contributed by atoms with van der Waals surface area (Å²) in [6, 6.07) is 0. The number of carbonyl (C=O) groups is 2. The van der Waals surface area contributed by atoms with E-state index in [-0.39, 0.29) is 19.1 Å². The second-order valence-electron chi connectivity index (χ2n) is 3.21. The van der Waals surface area contributed by atoms with Gasteiger partial charge in [0.2, 0.25) is 0 Å². The number of nitrogens with one attached hydrogen (secondary N) is 1. The summed E-state index contributed by atoms with van der Waals surface area (Å²) >= 11 is 0. The van der Waals surface area contributed by atoms with Crippen molar-refractivity contribution in [3.8, 4) is 0 Å². The van der Waals surface area contributed by atoms with Crippen molar-refractivity contribution in [3.63, 3.8) is 0 Å². The fraction of sp³-hybridized carbons (Fsp3) is 0.750. The van der Waals surface area contributed by atoms with Crippen LogP contribution in [0.25, 0.3) is 0 Å². The van der Waals surface area contributed by atoms with Crippen molar-refractivity contribution in [2.75, 3.05) is 19.8 Å². The first-order valence-electron chi connectivity index (χ1n) is 4.16. The molecule has 1 aliphatic rings. The molecule has 5 nitrogen and oxygen atoms in total. The lowest BCUT2D eigenvalue weighted by Crippen LogP contribution is -2.50. The fourth-order valence-electron chi connectivity index (χ4n) is 1.03. The van der Waals surface area contributed by atoms with E-state index >= 15 is 0 Å². The van der Waals surface area contributed by atoms with Gasteiger partial charge in [0.15, 0.2) is 0 Å². The Labute approximate surface area is 76.4 Å². The lowest BCUT2D eigenvalue weighted by atomic mass is 9.91. The van der Waals surface area contributed by atoms with Crippen molar-refractivity contribution in [1.82, 2.24) is 5.32 Å². The van der Waals surface area contributed by atoms with Gasteiger partial charge in [-0.2, -0.15) is 0 Å². The predicted molar refractivity (Wildman–Crippen MR) is 44.1 cm³/mol. The van der Waals surface area contributed by atoms with Crippen molar-refractivity contribution in [2.45, 2.75) is 13.8 Å². The van der Waals surface area contributed by atoms with Gasteiger partial charge < -0.3 is 14.8 Å². The molecule has 13 heavy (non-hydrogen) atoms. The molecule has 5 heteroatoms. The van der Waals surface area contributed by atoms with Gasteiger partial charge in [-0.1, -0.05) is 0 Å². The topological polar surface area (TPSA) is 64.6 Å². The van der Waals surface area contributed by atoms with Crippen molar-refractivity contribution >= 4 is 12.1 Å². The zero-order valence-electron chi connectivity index (χ0n) is 7.75. The van der Waals surface area contributed by atoms with E-state index in [0.717, 1.165) is 0 Å². The van der Waals surface area contributed by atoms with Crippen LogP contribution in [0.5, 0.6) is 0 Å². The Bertz CT molecular complexity index is 216. The number of hydrogen-bond acceptors (Lipinski definition) is 4. The first kappa shape index (κ1) is 9.83. The molecule has 0 aliphatic carbocycles. The number of esters is 1. The minimum atomic E-state index is -0.746. The fourth-order valence-corrected chi connectivity index (χ4v) is 1.03. The zero-order valence-corrected chi connectivity index (χ0v) is 7.75. The van der Waals surface area contributed by atoms with E-state index < -0.39 is 11.5 Å². The largest absolute Gasteiger partial charge is 0.465 e. The van der Waals surface area contributed by atoms with E-state index in [1.807, 2.05) is 0 Å². The summed E-state index contributed by atoms with van der Waals surface area (Å²) in [7, 11) is 0. The molecule has 0 unspecified atom stereocenters. The lowest BCUT2D eigenvalue weighted by molar-refractivity contribution is -0.157. The van der Waals surface area contributed by atoms with Gasteiger partial charge in [0.1, 0.15) is 12.0 Å². The Morgan fingerprint density at radius 3 is 2.92 bits per heavy atom. The molecule has 0 aromatic carbocycles. The smallest absolute Gasteiger partial charge is 0.407 e. The number of ether oxygens (including phenoxy) is 2. The van der Waals surface area contributed by atoms with Gasteiger partial charge in [-0.15, -0.1) is 0 Å². The molecule has 0 saturated carbocycles. The van der Waals surface area contributed by atoms with E-state index in [2.05, 4.69) is 5.32 Å². The van der Waals surface area contributed by atoms with E-state index in [4.69, 9.17) is 9.47 Å². The molecule has 1 fully saturated rings. The van der Waals surface area contributed by atoms with E-state index in [9.17, 15) is 9.59 Å². The Morgan fingerprint density at radius 1 is 1.77 bits per heavy atom. The van der Waals surface area contributed by atoms with E-state index in [1.165, 1.54) is 0 Å². The van der Waals surface area contributed by atoms with Gasteiger partial charge in [0.05, 0.1) is 6.61 Å². The van der Waals surface area contributed by atoms with E-state index in [0.29, 0.717) is 6.61 Å². The van der Waals surface area contributed by atoms with Gasteiger partial charge in [-0.05, 0) is 13.8 Å². The Hall–Kier alpha value is -1.26. The monoisotopic (exact) mass is 187 g/mol. The van der Waals surface area contributed by atoms with Crippen LogP contribution in [0.1, 0.15) is 13.8 Å². The zero-order chi connectivity index (χ0) is 9.90. The minimum absolute atomic E-state index is 0.0810. The number of rotatable bonds is 2.